The number of hydrogen-bond acceptors (Lipinski definition) is 6. The Labute approximate surface area is 172 Å². The van der Waals surface area contributed by atoms with Crippen LogP contribution in [-0.2, 0) is 16.0 Å². The number of aliphatic imine (C=N–C) groups is 1. The Kier molecular flexibility index (Phi) is 7.85. The third-order valence-corrected chi connectivity index (χ3v) is 5.24. The second-order valence-electron chi connectivity index (χ2n) is 7.85. The van der Waals surface area contributed by atoms with Crippen molar-refractivity contribution in [3.05, 3.63) is 11.7 Å². The van der Waals surface area contributed by atoms with E-state index in [0.29, 0.717) is 32.1 Å². The number of ether oxygens (including phenoxy) is 1. The molecule has 2 aliphatic rings. The fraction of sp³-hybridized carbons (Fsp3) is 0.800. The summed E-state index contributed by atoms with van der Waals surface area (Å²) >= 11 is 0. The first kappa shape index (κ1) is 21.5. The molecular weight excluding hydrogens is 372 g/mol. The first-order chi connectivity index (χ1) is 14.1. The minimum Gasteiger partial charge on any atom is -0.368 e. The number of guanidine groups is 1. The van der Waals surface area contributed by atoms with Gasteiger partial charge in [0.25, 0.3) is 5.91 Å². The van der Waals surface area contributed by atoms with Gasteiger partial charge in [-0.05, 0) is 26.2 Å². The molecule has 1 unspecified atom stereocenters. The summed E-state index contributed by atoms with van der Waals surface area (Å²) in [4.78, 5) is 25.8. The van der Waals surface area contributed by atoms with E-state index in [4.69, 9.17) is 14.3 Å². The van der Waals surface area contributed by atoms with E-state index in [1.807, 2.05) is 4.90 Å². The van der Waals surface area contributed by atoms with E-state index in [1.165, 1.54) is 0 Å². The lowest BCUT2D eigenvalue weighted by atomic mass is 10.2. The van der Waals surface area contributed by atoms with Crippen molar-refractivity contribution in [1.29, 1.82) is 0 Å². The SMILES string of the molecule is CCNC(=NCCCc1nc(C(C)C)no1)N1CCN(C(=O)C2CCCO2)CC1. The van der Waals surface area contributed by atoms with Gasteiger partial charge in [-0.15, -0.1) is 0 Å². The Morgan fingerprint density at radius 3 is 2.66 bits per heavy atom. The number of nitrogens with one attached hydrogen (secondary N) is 1. The van der Waals surface area contributed by atoms with Crippen molar-refractivity contribution in [2.45, 2.75) is 58.5 Å². The lowest BCUT2D eigenvalue weighted by Gasteiger charge is -2.37. The Hall–Kier alpha value is -2.16. The number of amides is 1. The Morgan fingerprint density at radius 1 is 1.28 bits per heavy atom. The molecule has 1 aromatic rings. The van der Waals surface area contributed by atoms with Crippen LogP contribution in [0.15, 0.2) is 9.52 Å². The number of aromatic nitrogens is 2. The van der Waals surface area contributed by atoms with Crippen LogP contribution in [0.25, 0.3) is 0 Å². The molecule has 9 nitrogen and oxygen atoms in total. The molecule has 0 radical (unpaired) electrons. The van der Waals surface area contributed by atoms with Crippen molar-refractivity contribution in [1.82, 2.24) is 25.3 Å². The summed E-state index contributed by atoms with van der Waals surface area (Å²) in [7, 11) is 0. The van der Waals surface area contributed by atoms with Crippen LogP contribution in [0.3, 0.4) is 0 Å². The highest BCUT2D eigenvalue weighted by atomic mass is 16.5. The molecule has 1 aromatic heterocycles. The van der Waals surface area contributed by atoms with Gasteiger partial charge in [0.15, 0.2) is 11.8 Å². The van der Waals surface area contributed by atoms with E-state index >= 15 is 0 Å². The van der Waals surface area contributed by atoms with Crippen molar-refractivity contribution in [3.63, 3.8) is 0 Å². The summed E-state index contributed by atoms with van der Waals surface area (Å²) in [6.07, 6.45) is 3.18. The number of carbonyl (C=O) groups is 1. The predicted molar refractivity (Wildman–Crippen MR) is 110 cm³/mol. The highest BCUT2D eigenvalue weighted by molar-refractivity contribution is 5.82. The highest BCUT2D eigenvalue weighted by Gasteiger charge is 2.30. The van der Waals surface area contributed by atoms with Crippen LogP contribution >= 0.6 is 0 Å². The summed E-state index contributed by atoms with van der Waals surface area (Å²) in [5.74, 6) is 2.76. The van der Waals surface area contributed by atoms with E-state index in [2.05, 4.69) is 41.1 Å². The van der Waals surface area contributed by atoms with E-state index in [9.17, 15) is 4.79 Å². The summed E-state index contributed by atoms with van der Waals surface area (Å²) in [6.45, 7) is 11.4. The molecular formula is C20H34N6O3. The van der Waals surface area contributed by atoms with Crippen LogP contribution < -0.4 is 5.32 Å². The minimum absolute atomic E-state index is 0.143. The maximum absolute atomic E-state index is 12.5. The zero-order valence-electron chi connectivity index (χ0n) is 17.9. The van der Waals surface area contributed by atoms with Crippen LogP contribution in [0.1, 0.15) is 57.7 Å². The summed E-state index contributed by atoms with van der Waals surface area (Å²) < 4.78 is 10.8. The van der Waals surface area contributed by atoms with Crippen molar-refractivity contribution >= 4 is 11.9 Å². The molecule has 9 heteroatoms. The van der Waals surface area contributed by atoms with Gasteiger partial charge in [-0.25, -0.2) is 0 Å². The summed E-state index contributed by atoms with van der Waals surface area (Å²) in [6, 6.07) is 0. The molecule has 2 fully saturated rings. The molecule has 1 N–H and O–H groups in total. The number of aryl methyl sites for hydroxylation is 1. The molecule has 1 amide bonds. The normalized spacial score (nSPS) is 20.6. The summed E-state index contributed by atoms with van der Waals surface area (Å²) in [5, 5.41) is 7.36. The first-order valence-electron chi connectivity index (χ1n) is 10.8. The van der Waals surface area contributed by atoms with Crippen LogP contribution in [0, 0.1) is 0 Å². The van der Waals surface area contributed by atoms with Crippen molar-refractivity contribution in [2.24, 2.45) is 4.99 Å². The largest absolute Gasteiger partial charge is 0.368 e. The standard InChI is InChI=1S/C20H34N6O3/c1-4-21-20(22-9-5-8-17-23-18(15(2)3)24-29-17)26-12-10-25(11-13-26)19(27)16-7-6-14-28-16/h15-16H,4-14H2,1-3H3,(H,21,22). The van der Waals surface area contributed by atoms with Gasteiger partial charge >= 0.3 is 0 Å². The van der Waals surface area contributed by atoms with Gasteiger partial charge in [0.2, 0.25) is 5.89 Å². The molecule has 0 bridgehead atoms. The first-order valence-corrected chi connectivity index (χ1v) is 10.8. The van der Waals surface area contributed by atoms with Gasteiger partial charge in [0, 0.05) is 58.2 Å². The van der Waals surface area contributed by atoms with E-state index < -0.39 is 0 Å². The van der Waals surface area contributed by atoms with Gasteiger partial charge in [-0.2, -0.15) is 4.98 Å². The average molecular weight is 407 g/mol. The number of rotatable bonds is 7. The number of nitrogens with zero attached hydrogens (tertiary/aromatic N) is 5. The Morgan fingerprint density at radius 2 is 2.03 bits per heavy atom. The van der Waals surface area contributed by atoms with Gasteiger partial charge in [-0.3, -0.25) is 9.79 Å². The molecule has 3 heterocycles. The smallest absolute Gasteiger partial charge is 0.251 e. The highest BCUT2D eigenvalue weighted by Crippen LogP contribution is 2.16. The second-order valence-corrected chi connectivity index (χ2v) is 7.85. The molecule has 2 aliphatic heterocycles. The van der Waals surface area contributed by atoms with Crippen LogP contribution in [-0.4, -0.2) is 83.8 Å². The van der Waals surface area contributed by atoms with E-state index in [-0.39, 0.29) is 17.9 Å². The fourth-order valence-corrected chi connectivity index (χ4v) is 3.56. The Balaban J connectivity index is 1.45. The monoisotopic (exact) mass is 406 g/mol. The second kappa shape index (κ2) is 10.6. The van der Waals surface area contributed by atoms with Gasteiger partial charge in [-0.1, -0.05) is 19.0 Å². The van der Waals surface area contributed by atoms with Crippen molar-refractivity contribution in [2.75, 3.05) is 45.9 Å². The minimum atomic E-state index is -0.232. The lowest BCUT2D eigenvalue weighted by molar-refractivity contribution is -0.142. The molecule has 0 saturated carbocycles. The van der Waals surface area contributed by atoms with Gasteiger partial charge < -0.3 is 24.4 Å². The van der Waals surface area contributed by atoms with E-state index in [1.54, 1.807) is 0 Å². The average Bonchev–Trinajstić information content (AvgIpc) is 3.42. The van der Waals surface area contributed by atoms with Crippen molar-refractivity contribution in [3.8, 4) is 0 Å². The predicted octanol–water partition coefficient (Wildman–Crippen LogP) is 1.41. The molecule has 162 valence electrons. The molecule has 29 heavy (non-hydrogen) atoms. The maximum Gasteiger partial charge on any atom is 0.251 e. The molecule has 3 rings (SSSR count). The zero-order chi connectivity index (χ0) is 20.6. The quantitative estimate of drug-likeness (QED) is 0.415. The van der Waals surface area contributed by atoms with Crippen LogP contribution in [0.5, 0.6) is 0 Å². The molecule has 0 aliphatic carbocycles. The van der Waals surface area contributed by atoms with Gasteiger partial charge in [0.1, 0.15) is 6.10 Å². The topological polar surface area (TPSA) is 96.1 Å². The third-order valence-electron chi connectivity index (χ3n) is 5.24. The maximum atomic E-state index is 12.5. The van der Waals surface area contributed by atoms with Crippen LogP contribution in [0.2, 0.25) is 0 Å². The molecule has 0 aromatic carbocycles. The molecule has 2 saturated heterocycles. The third kappa shape index (κ3) is 5.91. The van der Waals surface area contributed by atoms with Gasteiger partial charge in [0.05, 0.1) is 0 Å². The van der Waals surface area contributed by atoms with Crippen LogP contribution in [0.4, 0.5) is 0 Å². The van der Waals surface area contributed by atoms with E-state index in [0.717, 1.165) is 57.1 Å². The van der Waals surface area contributed by atoms with Crippen molar-refractivity contribution < 1.29 is 14.1 Å². The molecule has 0 spiro atoms. The zero-order valence-corrected chi connectivity index (χ0v) is 17.9. The molecule has 1 atom stereocenters. The summed E-state index contributed by atoms with van der Waals surface area (Å²) in [5.41, 5.74) is 0. The fourth-order valence-electron chi connectivity index (χ4n) is 3.56. The lowest BCUT2D eigenvalue weighted by Crippen LogP contribution is -2.55. The number of hydrogen-bond donors (Lipinski definition) is 1. The number of piperazine rings is 1. The Bertz CT molecular complexity index is 676. The number of carbonyl (C=O) groups excluding carboxylic acids is 1.